The number of aliphatic hydroxyl groups is 1. The van der Waals surface area contributed by atoms with Crippen molar-refractivity contribution in [3.05, 3.63) is 0 Å². The lowest BCUT2D eigenvalue weighted by Crippen LogP contribution is -2.30. The van der Waals surface area contributed by atoms with Crippen molar-refractivity contribution < 1.29 is 80.2 Å². The fourth-order valence-corrected chi connectivity index (χ4v) is 10.9. The molecule has 0 saturated carbocycles. The number of carbonyl (C=O) groups is 4. The molecule has 0 heterocycles. The number of hydrogen-bond donors (Lipinski definition) is 3. The molecule has 492 valence electrons. The smallest absolute Gasteiger partial charge is 0.462 e. The van der Waals surface area contributed by atoms with E-state index in [1.807, 2.05) is 0 Å². The summed E-state index contributed by atoms with van der Waals surface area (Å²) in [6, 6.07) is 0. The molecule has 17 nitrogen and oxygen atoms in total. The molecule has 0 rings (SSSR count). The summed E-state index contributed by atoms with van der Waals surface area (Å²) < 4.78 is 67.9. The molecule has 0 aromatic rings. The van der Waals surface area contributed by atoms with Crippen LogP contribution < -0.4 is 0 Å². The average Bonchev–Trinajstić information content (AvgIpc) is 3.44. The minimum absolute atomic E-state index is 0.102. The molecule has 0 aromatic heterocycles. The summed E-state index contributed by atoms with van der Waals surface area (Å²) in [5, 5.41) is 10.5. The third-order valence-electron chi connectivity index (χ3n) is 15.3. The van der Waals surface area contributed by atoms with Gasteiger partial charge in [-0.3, -0.25) is 37.3 Å². The summed E-state index contributed by atoms with van der Waals surface area (Å²) in [5.74, 6) is 0.761. The first-order valence-electron chi connectivity index (χ1n) is 33.3. The van der Waals surface area contributed by atoms with Crippen LogP contribution in [0, 0.1) is 23.7 Å². The number of ether oxygens (including phenoxy) is 4. The van der Waals surface area contributed by atoms with E-state index in [0.29, 0.717) is 37.5 Å². The lowest BCUT2D eigenvalue weighted by Gasteiger charge is -2.21. The Balaban J connectivity index is 5.24. The van der Waals surface area contributed by atoms with E-state index in [2.05, 4.69) is 55.4 Å². The minimum Gasteiger partial charge on any atom is -0.462 e. The van der Waals surface area contributed by atoms with Crippen LogP contribution in [0.1, 0.15) is 306 Å². The minimum atomic E-state index is -4.95. The largest absolute Gasteiger partial charge is 0.472 e. The number of rotatable bonds is 61. The number of phosphoric ester groups is 2. The van der Waals surface area contributed by atoms with Gasteiger partial charge in [0.15, 0.2) is 12.2 Å². The van der Waals surface area contributed by atoms with Crippen molar-refractivity contribution in [2.24, 2.45) is 23.7 Å². The highest BCUT2D eigenvalue weighted by molar-refractivity contribution is 7.47. The van der Waals surface area contributed by atoms with Gasteiger partial charge in [-0.25, -0.2) is 9.13 Å². The van der Waals surface area contributed by atoms with Crippen molar-refractivity contribution in [3.63, 3.8) is 0 Å². The molecule has 0 saturated heterocycles. The number of carbonyl (C=O) groups excluding carboxylic acids is 4. The van der Waals surface area contributed by atoms with E-state index in [1.165, 1.54) is 103 Å². The van der Waals surface area contributed by atoms with Gasteiger partial charge in [-0.2, -0.15) is 0 Å². The molecule has 0 bridgehead atoms. The molecule has 0 spiro atoms. The molecular weight excluding hydrogens is 1100 g/mol. The standard InChI is InChI=1S/C64H124O17P2/c1-9-56(7)42-34-26-17-13-11-12-14-18-28-36-44-61(66)74-50-60(81-64(69)47-39-31-23-21-27-35-43-57(8)10-2)53-79-83(72,73)77-49-58(65)48-76-82(70,71)78-52-59(51-75-62(67)45-37-29-22-20-25-33-41-55(5)6)80-63(68)46-38-30-19-15-16-24-32-40-54(3)4/h54-60,65H,9-53H2,1-8H3,(H,70,71)(H,72,73)/t56?,57?,58-,59+,60+/m0/s1. The van der Waals surface area contributed by atoms with Gasteiger partial charge in [-0.05, 0) is 49.4 Å². The third kappa shape index (κ3) is 56.3. The first kappa shape index (κ1) is 81.1. The Morgan fingerprint density at radius 2 is 0.578 bits per heavy atom. The molecule has 3 N–H and O–H groups in total. The fraction of sp³-hybridized carbons (Fsp3) is 0.938. The molecule has 4 unspecified atom stereocenters. The Kier molecular flexibility index (Phi) is 53.0. The van der Waals surface area contributed by atoms with Crippen molar-refractivity contribution >= 4 is 39.5 Å². The van der Waals surface area contributed by atoms with Crippen LogP contribution in [-0.2, 0) is 65.4 Å². The fourth-order valence-electron chi connectivity index (χ4n) is 9.36. The Morgan fingerprint density at radius 3 is 0.855 bits per heavy atom. The van der Waals surface area contributed by atoms with Crippen LogP contribution in [0.2, 0.25) is 0 Å². The van der Waals surface area contributed by atoms with Gasteiger partial charge in [0.1, 0.15) is 19.3 Å². The maximum Gasteiger partial charge on any atom is 0.472 e. The summed E-state index contributed by atoms with van der Waals surface area (Å²) in [6.07, 6.45) is 33.7. The monoisotopic (exact) mass is 1230 g/mol. The van der Waals surface area contributed by atoms with E-state index in [-0.39, 0.29) is 25.7 Å². The molecule has 0 aliphatic heterocycles. The summed E-state index contributed by atoms with van der Waals surface area (Å²) >= 11 is 0. The molecule has 0 fully saturated rings. The van der Waals surface area contributed by atoms with Crippen molar-refractivity contribution in [1.82, 2.24) is 0 Å². The predicted octanol–water partition coefficient (Wildman–Crippen LogP) is 17.4. The number of aliphatic hydroxyl groups excluding tert-OH is 1. The highest BCUT2D eigenvalue weighted by atomic mass is 31.2. The molecule has 19 heteroatoms. The van der Waals surface area contributed by atoms with Crippen molar-refractivity contribution in [2.45, 2.75) is 324 Å². The Hall–Kier alpha value is -1.94. The van der Waals surface area contributed by atoms with Gasteiger partial charge in [-0.15, -0.1) is 0 Å². The van der Waals surface area contributed by atoms with Gasteiger partial charge in [0.05, 0.1) is 26.4 Å². The summed E-state index contributed by atoms with van der Waals surface area (Å²) in [4.78, 5) is 72.2. The van der Waals surface area contributed by atoms with Crippen LogP contribution in [0.5, 0.6) is 0 Å². The maximum atomic E-state index is 13.0. The summed E-state index contributed by atoms with van der Waals surface area (Å²) in [7, 11) is -9.89. The highest BCUT2D eigenvalue weighted by Crippen LogP contribution is 2.45. The van der Waals surface area contributed by atoms with Crippen LogP contribution in [0.15, 0.2) is 0 Å². The van der Waals surface area contributed by atoms with Gasteiger partial charge in [0.2, 0.25) is 0 Å². The molecule has 7 atom stereocenters. The van der Waals surface area contributed by atoms with Crippen LogP contribution in [0.3, 0.4) is 0 Å². The molecular formula is C64H124O17P2. The average molecular weight is 1230 g/mol. The zero-order valence-corrected chi connectivity index (χ0v) is 55.6. The molecule has 83 heavy (non-hydrogen) atoms. The van der Waals surface area contributed by atoms with E-state index >= 15 is 0 Å². The lowest BCUT2D eigenvalue weighted by atomic mass is 9.99. The van der Waals surface area contributed by atoms with Gasteiger partial charge >= 0.3 is 39.5 Å². The van der Waals surface area contributed by atoms with E-state index in [1.54, 1.807) is 0 Å². The molecule has 0 aliphatic rings. The number of phosphoric acid groups is 2. The second-order valence-corrected chi connectivity index (χ2v) is 27.5. The van der Waals surface area contributed by atoms with E-state index in [4.69, 9.17) is 37.0 Å². The van der Waals surface area contributed by atoms with E-state index in [9.17, 15) is 43.2 Å². The number of unbranched alkanes of at least 4 members (excludes halogenated alkanes) is 25. The van der Waals surface area contributed by atoms with Gasteiger partial charge in [-0.1, -0.05) is 254 Å². The van der Waals surface area contributed by atoms with Crippen molar-refractivity contribution in [1.29, 1.82) is 0 Å². The second-order valence-electron chi connectivity index (χ2n) is 24.6. The van der Waals surface area contributed by atoms with Crippen LogP contribution in [-0.4, -0.2) is 96.7 Å². The lowest BCUT2D eigenvalue weighted by molar-refractivity contribution is -0.161. The first-order chi connectivity index (χ1) is 39.7. The zero-order chi connectivity index (χ0) is 61.8. The summed E-state index contributed by atoms with van der Waals surface area (Å²) in [6.45, 7) is 13.9. The number of hydrogen-bond acceptors (Lipinski definition) is 15. The first-order valence-corrected chi connectivity index (χ1v) is 36.3. The quantitative estimate of drug-likeness (QED) is 0.0222. The second kappa shape index (κ2) is 54.2. The molecule has 0 aliphatic carbocycles. The Bertz CT molecular complexity index is 1670. The number of esters is 4. The Morgan fingerprint density at radius 1 is 0.337 bits per heavy atom. The van der Waals surface area contributed by atoms with Crippen LogP contribution in [0.4, 0.5) is 0 Å². The Labute approximate surface area is 505 Å². The van der Waals surface area contributed by atoms with Gasteiger partial charge in [0.25, 0.3) is 0 Å². The third-order valence-corrected chi connectivity index (χ3v) is 17.2. The molecule has 0 aromatic carbocycles. The van der Waals surface area contributed by atoms with Gasteiger partial charge in [0, 0.05) is 25.7 Å². The van der Waals surface area contributed by atoms with Crippen molar-refractivity contribution in [3.8, 4) is 0 Å². The highest BCUT2D eigenvalue weighted by Gasteiger charge is 2.30. The maximum absolute atomic E-state index is 13.0. The van der Waals surface area contributed by atoms with E-state index in [0.717, 1.165) is 108 Å². The molecule has 0 radical (unpaired) electrons. The van der Waals surface area contributed by atoms with Crippen molar-refractivity contribution in [2.75, 3.05) is 39.6 Å². The van der Waals surface area contributed by atoms with E-state index < -0.39 is 97.5 Å². The topological polar surface area (TPSA) is 237 Å². The van der Waals surface area contributed by atoms with Gasteiger partial charge < -0.3 is 33.8 Å². The summed E-state index contributed by atoms with van der Waals surface area (Å²) in [5.41, 5.74) is 0. The van der Waals surface area contributed by atoms with Crippen LogP contribution >= 0.6 is 15.6 Å². The normalized spacial score (nSPS) is 15.1. The SMILES string of the molecule is CCC(C)CCCCCCCCCCCCC(=O)OC[C@H](COP(=O)(O)OC[C@@H](O)COP(=O)(O)OC[C@@H](COC(=O)CCCCCCCCC(C)C)OC(=O)CCCCCCCCCC(C)C)OC(=O)CCCCCCCCC(C)CC. The van der Waals surface area contributed by atoms with Crippen LogP contribution in [0.25, 0.3) is 0 Å². The molecule has 0 amide bonds. The predicted molar refractivity (Wildman–Crippen MR) is 331 cm³/mol. The zero-order valence-electron chi connectivity index (χ0n) is 53.8.